The Bertz CT molecular complexity index is 737. The molecule has 2 aromatic heterocycles. The maximum atomic E-state index is 11.1. The van der Waals surface area contributed by atoms with E-state index in [0.29, 0.717) is 11.0 Å². The summed E-state index contributed by atoms with van der Waals surface area (Å²) in [6.07, 6.45) is 2.74. The van der Waals surface area contributed by atoms with Crippen LogP contribution in [0.15, 0.2) is 36.7 Å². The zero-order chi connectivity index (χ0) is 12.5. The molecule has 0 unspecified atom stereocenters. The van der Waals surface area contributed by atoms with Crippen molar-refractivity contribution in [3.05, 3.63) is 42.4 Å². The summed E-state index contributed by atoms with van der Waals surface area (Å²) in [4.78, 5) is 18.9. The number of hydrogen-bond donors (Lipinski definition) is 1. The van der Waals surface area contributed by atoms with Crippen molar-refractivity contribution in [1.82, 2.24) is 25.0 Å². The average molecular weight is 241 g/mol. The minimum Gasteiger partial charge on any atom is -0.476 e. The molecule has 0 bridgehead atoms. The van der Waals surface area contributed by atoms with Gasteiger partial charge in [0.05, 0.1) is 5.52 Å². The summed E-state index contributed by atoms with van der Waals surface area (Å²) in [5.41, 5.74) is 1.19. The zero-order valence-corrected chi connectivity index (χ0v) is 9.06. The summed E-state index contributed by atoms with van der Waals surface area (Å²) in [5, 5.41) is 16.9. The number of para-hydroxylation sites is 1. The van der Waals surface area contributed by atoms with E-state index in [-0.39, 0.29) is 11.5 Å². The van der Waals surface area contributed by atoms with Gasteiger partial charge >= 0.3 is 5.97 Å². The van der Waals surface area contributed by atoms with Crippen LogP contribution in [0.5, 0.6) is 0 Å². The quantitative estimate of drug-likeness (QED) is 0.716. The second kappa shape index (κ2) is 3.88. The van der Waals surface area contributed by atoms with E-state index in [1.165, 1.54) is 17.1 Å². The molecule has 3 rings (SSSR count). The van der Waals surface area contributed by atoms with Crippen LogP contribution in [0, 0.1) is 0 Å². The van der Waals surface area contributed by atoms with Crippen molar-refractivity contribution in [2.45, 2.75) is 0 Å². The number of carboxylic acid groups (broad SMARTS) is 1. The van der Waals surface area contributed by atoms with Gasteiger partial charge in [0.25, 0.3) is 0 Å². The van der Waals surface area contributed by atoms with Gasteiger partial charge in [-0.25, -0.2) is 14.8 Å². The van der Waals surface area contributed by atoms with Gasteiger partial charge in [0.1, 0.15) is 5.52 Å². The van der Waals surface area contributed by atoms with E-state index in [2.05, 4.69) is 20.3 Å². The Balaban J connectivity index is 2.30. The van der Waals surface area contributed by atoms with Crippen molar-refractivity contribution in [3.8, 4) is 5.82 Å². The van der Waals surface area contributed by atoms with Gasteiger partial charge in [-0.1, -0.05) is 17.3 Å². The Morgan fingerprint density at radius 2 is 1.94 bits per heavy atom. The Morgan fingerprint density at radius 1 is 1.17 bits per heavy atom. The molecular weight excluding hydrogens is 234 g/mol. The second-order valence-electron chi connectivity index (χ2n) is 3.52. The minimum atomic E-state index is -1.15. The third-order valence-electron chi connectivity index (χ3n) is 2.43. The summed E-state index contributed by atoms with van der Waals surface area (Å²) in [6.45, 7) is 0. The van der Waals surface area contributed by atoms with Crippen LogP contribution in [0.3, 0.4) is 0 Å². The smallest absolute Gasteiger partial charge is 0.358 e. The van der Waals surface area contributed by atoms with Gasteiger partial charge in [-0.15, -0.1) is 5.10 Å². The highest BCUT2D eigenvalue weighted by molar-refractivity contribution is 5.89. The van der Waals surface area contributed by atoms with Gasteiger partial charge in [-0.2, -0.15) is 4.68 Å². The number of carboxylic acids is 1. The molecule has 0 aliphatic heterocycles. The predicted molar refractivity (Wildman–Crippen MR) is 61.4 cm³/mol. The van der Waals surface area contributed by atoms with E-state index in [4.69, 9.17) is 5.11 Å². The van der Waals surface area contributed by atoms with E-state index < -0.39 is 5.97 Å². The lowest BCUT2D eigenvalue weighted by Gasteiger charge is -2.03. The van der Waals surface area contributed by atoms with E-state index in [1.807, 2.05) is 12.1 Å². The molecule has 1 aromatic carbocycles. The lowest BCUT2D eigenvalue weighted by molar-refractivity contribution is 0.0690. The van der Waals surface area contributed by atoms with Crippen molar-refractivity contribution < 1.29 is 9.90 Å². The largest absolute Gasteiger partial charge is 0.476 e. The SMILES string of the molecule is O=C(O)c1nccnc1-n1nnc2ccccc21. The molecule has 7 heteroatoms. The number of fused-ring (bicyclic) bond motifs is 1. The molecule has 0 aliphatic rings. The van der Waals surface area contributed by atoms with Crippen molar-refractivity contribution >= 4 is 17.0 Å². The summed E-state index contributed by atoms with van der Waals surface area (Å²) in [5.74, 6) is -1.00. The maximum Gasteiger partial charge on any atom is 0.358 e. The Morgan fingerprint density at radius 3 is 2.78 bits per heavy atom. The van der Waals surface area contributed by atoms with E-state index in [0.717, 1.165) is 0 Å². The van der Waals surface area contributed by atoms with E-state index in [9.17, 15) is 4.79 Å². The molecule has 1 N–H and O–H groups in total. The summed E-state index contributed by atoms with van der Waals surface area (Å²) < 4.78 is 1.37. The Labute approximate surface area is 101 Å². The highest BCUT2D eigenvalue weighted by atomic mass is 16.4. The molecule has 0 amide bonds. The zero-order valence-electron chi connectivity index (χ0n) is 9.06. The molecular formula is C11H7N5O2. The highest BCUT2D eigenvalue weighted by Crippen LogP contribution is 2.15. The number of aromatic carboxylic acids is 1. The first-order chi connectivity index (χ1) is 8.77. The van der Waals surface area contributed by atoms with Crippen molar-refractivity contribution in [2.75, 3.05) is 0 Å². The molecule has 2 heterocycles. The van der Waals surface area contributed by atoms with Crippen LogP contribution in [0.2, 0.25) is 0 Å². The molecule has 0 saturated carbocycles. The van der Waals surface area contributed by atoms with Crippen LogP contribution in [0.1, 0.15) is 10.5 Å². The van der Waals surface area contributed by atoms with Gasteiger partial charge in [0.15, 0.2) is 11.5 Å². The Kier molecular flexibility index (Phi) is 2.23. The van der Waals surface area contributed by atoms with Crippen LogP contribution >= 0.6 is 0 Å². The first kappa shape index (κ1) is 10.3. The molecule has 0 radical (unpaired) electrons. The van der Waals surface area contributed by atoms with Crippen molar-refractivity contribution in [1.29, 1.82) is 0 Å². The van der Waals surface area contributed by atoms with Crippen LogP contribution in [-0.2, 0) is 0 Å². The first-order valence-corrected chi connectivity index (χ1v) is 5.12. The third kappa shape index (κ3) is 1.49. The number of aromatic nitrogens is 5. The fraction of sp³-hybridized carbons (Fsp3) is 0. The lowest BCUT2D eigenvalue weighted by Crippen LogP contribution is -2.11. The molecule has 0 atom stereocenters. The number of benzene rings is 1. The standard InChI is InChI=1S/C11H7N5O2/c17-11(18)9-10(13-6-5-12-9)16-8-4-2-1-3-7(8)14-15-16/h1-6H,(H,17,18). The van der Waals surface area contributed by atoms with Gasteiger partial charge in [0, 0.05) is 12.4 Å². The molecule has 18 heavy (non-hydrogen) atoms. The number of rotatable bonds is 2. The Hall–Kier alpha value is -2.83. The second-order valence-corrected chi connectivity index (χ2v) is 3.52. The fourth-order valence-corrected chi connectivity index (χ4v) is 1.66. The molecule has 0 aliphatic carbocycles. The molecule has 3 aromatic rings. The van der Waals surface area contributed by atoms with Gasteiger partial charge in [0.2, 0.25) is 0 Å². The van der Waals surface area contributed by atoms with Crippen molar-refractivity contribution in [3.63, 3.8) is 0 Å². The fourth-order valence-electron chi connectivity index (χ4n) is 1.66. The summed E-state index contributed by atoms with van der Waals surface area (Å²) in [7, 11) is 0. The van der Waals surface area contributed by atoms with E-state index in [1.54, 1.807) is 12.1 Å². The van der Waals surface area contributed by atoms with Crippen molar-refractivity contribution in [2.24, 2.45) is 0 Å². The van der Waals surface area contributed by atoms with Crippen LogP contribution in [-0.4, -0.2) is 36.0 Å². The minimum absolute atomic E-state index is 0.152. The normalized spacial score (nSPS) is 10.7. The summed E-state index contributed by atoms with van der Waals surface area (Å²) >= 11 is 0. The third-order valence-corrected chi connectivity index (χ3v) is 2.43. The first-order valence-electron chi connectivity index (χ1n) is 5.12. The summed E-state index contributed by atoms with van der Waals surface area (Å²) in [6, 6.07) is 7.22. The topological polar surface area (TPSA) is 93.8 Å². The van der Waals surface area contributed by atoms with E-state index >= 15 is 0 Å². The number of hydrogen-bond acceptors (Lipinski definition) is 5. The maximum absolute atomic E-state index is 11.1. The van der Waals surface area contributed by atoms with Gasteiger partial charge in [-0.3, -0.25) is 0 Å². The lowest BCUT2D eigenvalue weighted by atomic mass is 10.3. The van der Waals surface area contributed by atoms with Crippen LogP contribution in [0.4, 0.5) is 0 Å². The highest BCUT2D eigenvalue weighted by Gasteiger charge is 2.17. The molecule has 7 nitrogen and oxygen atoms in total. The predicted octanol–water partition coefficient (Wildman–Crippen LogP) is 0.909. The molecule has 88 valence electrons. The number of nitrogens with zero attached hydrogens (tertiary/aromatic N) is 5. The van der Waals surface area contributed by atoms with Gasteiger partial charge in [-0.05, 0) is 12.1 Å². The van der Waals surface area contributed by atoms with Crippen LogP contribution in [0.25, 0.3) is 16.9 Å². The monoisotopic (exact) mass is 241 g/mol. The molecule has 0 saturated heterocycles. The number of carbonyl (C=O) groups is 1. The van der Waals surface area contributed by atoms with Gasteiger partial charge < -0.3 is 5.11 Å². The molecule has 0 spiro atoms. The molecule has 0 fully saturated rings. The van der Waals surface area contributed by atoms with Crippen LogP contribution < -0.4 is 0 Å². The average Bonchev–Trinajstić information content (AvgIpc) is 2.82.